The topological polar surface area (TPSA) is 98.8 Å². The third kappa shape index (κ3) is 5.92. The molecule has 0 atom stereocenters. The van der Waals surface area contributed by atoms with Crippen LogP contribution in [-0.4, -0.2) is 50.7 Å². The van der Waals surface area contributed by atoms with Crippen molar-refractivity contribution in [2.24, 2.45) is 0 Å². The van der Waals surface area contributed by atoms with Crippen LogP contribution >= 0.6 is 23.5 Å². The van der Waals surface area contributed by atoms with E-state index < -0.39 is 0 Å². The van der Waals surface area contributed by atoms with Crippen LogP contribution in [0.25, 0.3) is 0 Å². The SMILES string of the molecule is CCC(=O)Nc1ccc(Sc2nc(Nc3cc(C)[nH]n3)cc(N3CCSCC3)n2)cc1. The number of rotatable bonds is 7. The summed E-state index contributed by atoms with van der Waals surface area (Å²) < 4.78 is 0. The third-order valence-electron chi connectivity index (χ3n) is 4.66. The Hall–Kier alpha value is -2.72. The van der Waals surface area contributed by atoms with Crippen LogP contribution < -0.4 is 15.5 Å². The van der Waals surface area contributed by atoms with Gasteiger partial charge in [-0.2, -0.15) is 16.9 Å². The standard InChI is InChI=1S/C21H25N7OS2/c1-3-20(29)22-15-4-6-16(7-5-15)31-21-24-17(23-18-12-14(2)26-27-18)13-19(25-21)28-8-10-30-11-9-28/h4-7,12-13H,3,8-11H2,1-2H3,(H,22,29)(H2,23,24,25,26,27). The predicted octanol–water partition coefficient (Wildman–Crippen LogP) is 4.30. The molecule has 0 saturated carbocycles. The summed E-state index contributed by atoms with van der Waals surface area (Å²) in [5, 5.41) is 14.0. The summed E-state index contributed by atoms with van der Waals surface area (Å²) in [5.74, 6) is 4.55. The largest absolute Gasteiger partial charge is 0.355 e. The minimum absolute atomic E-state index is 0.000418. The van der Waals surface area contributed by atoms with Crippen LogP contribution in [0.1, 0.15) is 19.0 Å². The van der Waals surface area contributed by atoms with E-state index in [1.165, 1.54) is 11.8 Å². The number of nitrogens with zero attached hydrogens (tertiary/aromatic N) is 4. The molecular formula is C21H25N7OS2. The van der Waals surface area contributed by atoms with E-state index in [2.05, 4.69) is 25.7 Å². The summed E-state index contributed by atoms with van der Waals surface area (Å²) in [6.07, 6.45) is 0.456. The number of hydrogen-bond donors (Lipinski definition) is 3. The molecule has 3 heterocycles. The number of carbonyl (C=O) groups excluding carboxylic acids is 1. The van der Waals surface area contributed by atoms with Gasteiger partial charge in [-0.15, -0.1) is 0 Å². The minimum atomic E-state index is 0.000418. The number of aromatic nitrogens is 4. The average Bonchev–Trinajstić information content (AvgIpc) is 3.20. The van der Waals surface area contributed by atoms with E-state index >= 15 is 0 Å². The van der Waals surface area contributed by atoms with Crippen LogP contribution in [0.5, 0.6) is 0 Å². The molecule has 31 heavy (non-hydrogen) atoms. The summed E-state index contributed by atoms with van der Waals surface area (Å²) in [6.45, 7) is 5.74. The molecule has 1 saturated heterocycles. The molecule has 3 N–H and O–H groups in total. The van der Waals surface area contributed by atoms with Crippen molar-refractivity contribution in [3.05, 3.63) is 42.1 Å². The molecule has 0 radical (unpaired) electrons. The highest BCUT2D eigenvalue weighted by Gasteiger charge is 2.16. The van der Waals surface area contributed by atoms with Crippen molar-refractivity contribution in [1.82, 2.24) is 20.2 Å². The Balaban J connectivity index is 1.56. The molecule has 1 aliphatic heterocycles. The molecule has 10 heteroatoms. The first-order valence-electron chi connectivity index (χ1n) is 10.2. The van der Waals surface area contributed by atoms with Gasteiger partial charge in [0.15, 0.2) is 11.0 Å². The van der Waals surface area contributed by atoms with Crippen LogP contribution in [-0.2, 0) is 4.79 Å². The average molecular weight is 456 g/mol. The zero-order chi connectivity index (χ0) is 21.6. The number of benzene rings is 1. The van der Waals surface area contributed by atoms with E-state index in [0.717, 1.165) is 52.5 Å². The number of aromatic amines is 1. The lowest BCUT2D eigenvalue weighted by Gasteiger charge is -2.27. The Morgan fingerprint density at radius 1 is 1.16 bits per heavy atom. The lowest BCUT2D eigenvalue weighted by molar-refractivity contribution is -0.115. The molecule has 1 fully saturated rings. The third-order valence-corrected chi connectivity index (χ3v) is 6.47. The molecule has 4 rings (SSSR count). The highest BCUT2D eigenvalue weighted by atomic mass is 32.2. The first-order chi connectivity index (χ1) is 15.1. The molecule has 3 aromatic rings. The van der Waals surface area contributed by atoms with E-state index in [1.54, 1.807) is 0 Å². The van der Waals surface area contributed by atoms with E-state index in [0.29, 0.717) is 17.4 Å². The maximum absolute atomic E-state index is 11.6. The number of amides is 1. The van der Waals surface area contributed by atoms with Gasteiger partial charge in [-0.25, -0.2) is 9.97 Å². The van der Waals surface area contributed by atoms with E-state index in [4.69, 9.17) is 9.97 Å². The second kappa shape index (κ2) is 10.1. The van der Waals surface area contributed by atoms with Crippen molar-refractivity contribution >= 4 is 52.6 Å². The molecule has 1 amide bonds. The molecular weight excluding hydrogens is 430 g/mol. The van der Waals surface area contributed by atoms with Gasteiger partial charge in [-0.3, -0.25) is 9.89 Å². The fourth-order valence-electron chi connectivity index (χ4n) is 3.05. The van der Waals surface area contributed by atoms with Crippen molar-refractivity contribution < 1.29 is 4.79 Å². The Morgan fingerprint density at radius 2 is 1.94 bits per heavy atom. The highest BCUT2D eigenvalue weighted by molar-refractivity contribution is 7.99. The first-order valence-corrected chi connectivity index (χ1v) is 12.1. The van der Waals surface area contributed by atoms with Crippen LogP contribution in [0.2, 0.25) is 0 Å². The smallest absolute Gasteiger partial charge is 0.224 e. The Morgan fingerprint density at radius 3 is 2.61 bits per heavy atom. The fourth-order valence-corrected chi connectivity index (χ4v) is 4.72. The number of hydrogen-bond acceptors (Lipinski definition) is 8. The molecule has 162 valence electrons. The maximum Gasteiger partial charge on any atom is 0.224 e. The molecule has 0 unspecified atom stereocenters. The fraction of sp³-hybridized carbons (Fsp3) is 0.333. The number of aryl methyl sites for hydroxylation is 1. The molecule has 8 nitrogen and oxygen atoms in total. The zero-order valence-electron chi connectivity index (χ0n) is 17.5. The zero-order valence-corrected chi connectivity index (χ0v) is 19.1. The predicted molar refractivity (Wildman–Crippen MR) is 128 cm³/mol. The van der Waals surface area contributed by atoms with Crippen molar-refractivity contribution in [2.75, 3.05) is 40.1 Å². The number of anilines is 4. The second-order valence-corrected chi connectivity index (χ2v) is 9.35. The van der Waals surface area contributed by atoms with Crippen LogP contribution in [0, 0.1) is 6.92 Å². The van der Waals surface area contributed by atoms with E-state index in [1.807, 2.05) is 62.0 Å². The van der Waals surface area contributed by atoms with Crippen LogP contribution in [0.3, 0.4) is 0 Å². The molecule has 1 aromatic carbocycles. The Labute approximate surface area is 190 Å². The van der Waals surface area contributed by atoms with Gasteiger partial charge < -0.3 is 15.5 Å². The van der Waals surface area contributed by atoms with Gasteiger partial charge in [0.05, 0.1) is 0 Å². The van der Waals surface area contributed by atoms with Gasteiger partial charge in [0.1, 0.15) is 11.6 Å². The number of nitrogens with one attached hydrogen (secondary N) is 3. The monoisotopic (exact) mass is 455 g/mol. The van der Waals surface area contributed by atoms with E-state index in [-0.39, 0.29) is 5.91 Å². The summed E-state index contributed by atoms with van der Waals surface area (Å²) in [6, 6.07) is 11.6. The molecule has 0 spiro atoms. The lowest BCUT2D eigenvalue weighted by atomic mass is 10.3. The van der Waals surface area contributed by atoms with Gasteiger partial charge in [-0.1, -0.05) is 6.92 Å². The lowest BCUT2D eigenvalue weighted by Crippen LogP contribution is -2.33. The Kier molecular flexibility index (Phi) is 6.98. The summed E-state index contributed by atoms with van der Waals surface area (Å²) in [7, 11) is 0. The van der Waals surface area contributed by atoms with E-state index in [9.17, 15) is 4.79 Å². The van der Waals surface area contributed by atoms with Crippen molar-refractivity contribution in [2.45, 2.75) is 30.3 Å². The van der Waals surface area contributed by atoms with Gasteiger partial charge in [0, 0.05) is 59.4 Å². The quantitative estimate of drug-likeness (QED) is 0.454. The van der Waals surface area contributed by atoms with Crippen molar-refractivity contribution in [1.29, 1.82) is 0 Å². The maximum atomic E-state index is 11.6. The normalized spacial score (nSPS) is 13.8. The number of H-pyrrole nitrogens is 1. The summed E-state index contributed by atoms with van der Waals surface area (Å²) >= 11 is 3.46. The van der Waals surface area contributed by atoms with Crippen molar-refractivity contribution in [3.8, 4) is 0 Å². The van der Waals surface area contributed by atoms with Gasteiger partial charge >= 0.3 is 0 Å². The number of thioether (sulfide) groups is 1. The van der Waals surface area contributed by atoms with Gasteiger partial charge in [-0.05, 0) is 43.0 Å². The molecule has 0 aliphatic carbocycles. The summed E-state index contributed by atoms with van der Waals surface area (Å²) in [5.41, 5.74) is 1.77. The first kappa shape index (κ1) is 21.5. The molecule has 2 aromatic heterocycles. The van der Waals surface area contributed by atoms with Crippen LogP contribution in [0.15, 0.2) is 46.5 Å². The van der Waals surface area contributed by atoms with Crippen LogP contribution in [0.4, 0.5) is 23.1 Å². The second-order valence-electron chi connectivity index (χ2n) is 7.08. The number of carbonyl (C=O) groups is 1. The summed E-state index contributed by atoms with van der Waals surface area (Å²) in [4.78, 5) is 24.4. The minimum Gasteiger partial charge on any atom is -0.355 e. The highest BCUT2D eigenvalue weighted by Crippen LogP contribution is 2.30. The molecule has 0 bridgehead atoms. The van der Waals surface area contributed by atoms with Gasteiger partial charge in [0.2, 0.25) is 5.91 Å². The van der Waals surface area contributed by atoms with Crippen molar-refractivity contribution in [3.63, 3.8) is 0 Å². The Bertz CT molecular complexity index is 1030. The molecule has 1 aliphatic rings. The van der Waals surface area contributed by atoms with Gasteiger partial charge in [0.25, 0.3) is 0 Å².